The number of nitrogens with zero attached hydrogens (tertiary/aromatic N) is 1. The van der Waals surface area contributed by atoms with E-state index in [0.717, 1.165) is 22.9 Å². The van der Waals surface area contributed by atoms with Crippen molar-refractivity contribution in [2.24, 2.45) is 0 Å². The van der Waals surface area contributed by atoms with E-state index in [0.29, 0.717) is 6.04 Å². The Labute approximate surface area is 89.5 Å². The molecule has 0 unspecified atom stereocenters. The van der Waals surface area contributed by atoms with Gasteiger partial charge in [-0.3, -0.25) is 4.79 Å². The van der Waals surface area contributed by atoms with Crippen LogP contribution < -0.4 is 0 Å². The van der Waals surface area contributed by atoms with Crippen molar-refractivity contribution in [3.05, 3.63) is 35.5 Å². The molecule has 1 aromatic carbocycles. The van der Waals surface area contributed by atoms with Crippen molar-refractivity contribution in [1.29, 1.82) is 0 Å². The van der Waals surface area contributed by atoms with Gasteiger partial charge in [-0.25, -0.2) is 0 Å². The van der Waals surface area contributed by atoms with Crippen molar-refractivity contribution in [3.8, 4) is 0 Å². The fourth-order valence-electron chi connectivity index (χ4n) is 2.02. The van der Waals surface area contributed by atoms with E-state index in [-0.39, 0.29) is 0 Å². The van der Waals surface area contributed by atoms with Crippen molar-refractivity contribution >= 4 is 17.2 Å². The number of aldehydes is 1. The summed E-state index contributed by atoms with van der Waals surface area (Å²) in [6.45, 7) is 6.25. The Morgan fingerprint density at radius 1 is 1.27 bits per heavy atom. The molecule has 0 atom stereocenters. The SMILES string of the molecule is Cc1ccc2cc(C=O)n(C(C)C)c2c1. The molecule has 0 radical (unpaired) electrons. The second-order valence-electron chi connectivity index (χ2n) is 4.21. The van der Waals surface area contributed by atoms with Crippen LogP contribution in [0.3, 0.4) is 0 Å². The minimum atomic E-state index is 0.310. The molecule has 1 heterocycles. The van der Waals surface area contributed by atoms with Crippen LogP contribution in [-0.2, 0) is 0 Å². The molecule has 2 aromatic rings. The van der Waals surface area contributed by atoms with Crippen molar-refractivity contribution < 1.29 is 4.79 Å². The molecule has 1 aromatic heterocycles. The fraction of sp³-hybridized carbons (Fsp3) is 0.308. The van der Waals surface area contributed by atoms with Gasteiger partial charge in [-0.05, 0) is 38.5 Å². The average molecular weight is 201 g/mol. The first-order valence-corrected chi connectivity index (χ1v) is 5.20. The van der Waals surface area contributed by atoms with Crippen LogP contribution in [0.5, 0.6) is 0 Å². The third-order valence-corrected chi connectivity index (χ3v) is 2.66. The molecule has 2 heteroatoms. The molecule has 0 saturated heterocycles. The highest BCUT2D eigenvalue weighted by molar-refractivity contribution is 5.89. The van der Waals surface area contributed by atoms with E-state index in [1.807, 2.05) is 6.07 Å². The molecular weight excluding hydrogens is 186 g/mol. The number of rotatable bonds is 2. The highest BCUT2D eigenvalue weighted by Crippen LogP contribution is 2.24. The minimum absolute atomic E-state index is 0.310. The van der Waals surface area contributed by atoms with Crippen LogP contribution in [0.1, 0.15) is 35.9 Å². The van der Waals surface area contributed by atoms with Gasteiger partial charge in [-0.1, -0.05) is 12.1 Å². The number of fused-ring (bicyclic) bond motifs is 1. The Morgan fingerprint density at radius 3 is 2.60 bits per heavy atom. The number of aryl methyl sites for hydroxylation is 1. The Bertz CT molecular complexity index is 508. The Kier molecular flexibility index (Phi) is 2.35. The lowest BCUT2D eigenvalue weighted by atomic mass is 10.2. The van der Waals surface area contributed by atoms with Crippen molar-refractivity contribution in [3.63, 3.8) is 0 Å². The van der Waals surface area contributed by atoms with Gasteiger partial charge >= 0.3 is 0 Å². The molecule has 15 heavy (non-hydrogen) atoms. The quantitative estimate of drug-likeness (QED) is 0.683. The molecule has 0 amide bonds. The molecule has 78 valence electrons. The highest BCUT2D eigenvalue weighted by Gasteiger charge is 2.10. The molecule has 0 spiro atoms. The summed E-state index contributed by atoms with van der Waals surface area (Å²) in [7, 11) is 0. The Hall–Kier alpha value is -1.57. The predicted molar refractivity (Wildman–Crippen MR) is 62.4 cm³/mol. The second kappa shape index (κ2) is 3.54. The molecule has 0 aliphatic carbocycles. The topological polar surface area (TPSA) is 22.0 Å². The van der Waals surface area contributed by atoms with Crippen LogP contribution in [0.25, 0.3) is 10.9 Å². The molecule has 2 nitrogen and oxygen atoms in total. The molecule has 0 aliphatic rings. The summed E-state index contributed by atoms with van der Waals surface area (Å²) >= 11 is 0. The lowest BCUT2D eigenvalue weighted by Crippen LogP contribution is -2.04. The molecule has 0 saturated carbocycles. The van der Waals surface area contributed by atoms with Crippen LogP contribution in [0, 0.1) is 6.92 Å². The maximum atomic E-state index is 11.0. The van der Waals surface area contributed by atoms with Gasteiger partial charge in [0, 0.05) is 16.9 Å². The zero-order valence-electron chi connectivity index (χ0n) is 9.32. The first kappa shape index (κ1) is 9.97. The third kappa shape index (κ3) is 1.56. The van der Waals surface area contributed by atoms with Gasteiger partial charge in [-0.15, -0.1) is 0 Å². The van der Waals surface area contributed by atoms with Gasteiger partial charge in [0.05, 0.1) is 5.69 Å². The van der Waals surface area contributed by atoms with Crippen LogP contribution in [-0.4, -0.2) is 10.9 Å². The monoisotopic (exact) mass is 201 g/mol. The summed E-state index contributed by atoms with van der Waals surface area (Å²) in [5.74, 6) is 0. The summed E-state index contributed by atoms with van der Waals surface area (Å²) in [6.07, 6.45) is 0.926. The van der Waals surface area contributed by atoms with E-state index in [4.69, 9.17) is 0 Å². The number of benzene rings is 1. The fourth-order valence-corrected chi connectivity index (χ4v) is 2.02. The maximum Gasteiger partial charge on any atom is 0.166 e. The summed E-state index contributed by atoms with van der Waals surface area (Å²) in [6, 6.07) is 8.52. The number of aromatic nitrogens is 1. The lowest BCUT2D eigenvalue weighted by molar-refractivity contribution is 0.111. The lowest BCUT2D eigenvalue weighted by Gasteiger charge is -2.11. The van der Waals surface area contributed by atoms with Gasteiger partial charge in [0.15, 0.2) is 6.29 Å². The third-order valence-electron chi connectivity index (χ3n) is 2.66. The zero-order chi connectivity index (χ0) is 11.0. The highest BCUT2D eigenvalue weighted by atomic mass is 16.1. The van der Waals surface area contributed by atoms with Gasteiger partial charge in [0.2, 0.25) is 0 Å². The summed E-state index contributed by atoms with van der Waals surface area (Å²) in [5.41, 5.74) is 3.12. The molecule has 0 fully saturated rings. The zero-order valence-corrected chi connectivity index (χ0v) is 9.32. The smallest absolute Gasteiger partial charge is 0.166 e. The van der Waals surface area contributed by atoms with Gasteiger partial charge < -0.3 is 4.57 Å². The van der Waals surface area contributed by atoms with Crippen LogP contribution >= 0.6 is 0 Å². The number of carbonyl (C=O) groups is 1. The van der Waals surface area contributed by atoms with E-state index < -0.39 is 0 Å². The van der Waals surface area contributed by atoms with Crippen LogP contribution in [0.2, 0.25) is 0 Å². The summed E-state index contributed by atoms with van der Waals surface area (Å²) in [4.78, 5) is 11.0. The van der Waals surface area contributed by atoms with Crippen molar-refractivity contribution in [2.75, 3.05) is 0 Å². The Balaban J connectivity index is 2.82. The number of carbonyl (C=O) groups excluding carboxylic acids is 1. The van der Waals surface area contributed by atoms with E-state index in [2.05, 4.69) is 43.5 Å². The van der Waals surface area contributed by atoms with Gasteiger partial charge in [-0.2, -0.15) is 0 Å². The maximum absolute atomic E-state index is 11.0. The molecule has 0 N–H and O–H groups in total. The number of hydrogen-bond acceptors (Lipinski definition) is 1. The van der Waals surface area contributed by atoms with Gasteiger partial charge in [0.1, 0.15) is 0 Å². The van der Waals surface area contributed by atoms with E-state index >= 15 is 0 Å². The second-order valence-corrected chi connectivity index (χ2v) is 4.21. The predicted octanol–water partition coefficient (Wildman–Crippen LogP) is 3.34. The first-order chi connectivity index (χ1) is 7.13. The molecular formula is C13H15NO. The summed E-state index contributed by atoms with van der Waals surface area (Å²) < 4.78 is 2.08. The van der Waals surface area contributed by atoms with E-state index in [1.54, 1.807) is 0 Å². The van der Waals surface area contributed by atoms with E-state index in [9.17, 15) is 4.79 Å². The summed E-state index contributed by atoms with van der Waals surface area (Å²) in [5, 5.41) is 1.14. The Morgan fingerprint density at radius 2 is 2.00 bits per heavy atom. The molecule has 2 rings (SSSR count). The average Bonchev–Trinajstić information content (AvgIpc) is 2.55. The first-order valence-electron chi connectivity index (χ1n) is 5.20. The standard InChI is InChI=1S/C13H15NO/c1-9(2)14-12(8-15)7-11-5-4-10(3)6-13(11)14/h4-9H,1-3H3. The molecule has 0 bridgehead atoms. The van der Waals surface area contributed by atoms with Crippen LogP contribution in [0.15, 0.2) is 24.3 Å². The molecule has 0 aliphatic heterocycles. The minimum Gasteiger partial charge on any atom is -0.336 e. The van der Waals surface area contributed by atoms with Crippen molar-refractivity contribution in [2.45, 2.75) is 26.8 Å². The van der Waals surface area contributed by atoms with Crippen molar-refractivity contribution in [1.82, 2.24) is 4.57 Å². The van der Waals surface area contributed by atoms with E-state index in [1.165, 1.54) is 5.56 Å². The largest absolute Gasteiger partial charge is 0.336 e. The normalized spacial score (nSPS) is 11.2. The van der Waals surface area contributed by atoms with Crippen LogP contribution in [0.4, 0.5) is 0 Å². The number of hydrogen-bond donors (Lipinski definition) is 0. The van der Waals surface area contributed by atoms with Gasteiger partial charge in [0.25, 0.3) is 0 Å².